The van der Waals surface area contributed by atoms with E-state index in [2.05, 4.69) is 10.3 Å². The highest BCUT2D eigenvalue weighted by atomic mass is 32.2. The second kappa shape index (κ2) is 10.6. The molecule has 0 bridgehead atoms. The smallest absolute Gasteiger partial charge is 0.412 e. The predicted octanol–water partition coefficient (Wildman–Crippen LogP) is 5.46. The summed E-state index contributed by atoms with van der Waals surface area (Å²) in [6.07, 6.45) is -0.277. The molecule has 1 amide bonds. The highest BCUT2D eigenvalue weighted by Gasteiger charge is 2.59. The zero-order chi connectivity index (χ0) is 29.6. The van der Waals surface area contributed by atoms with Crippen molar-refractivity contribution in [3.05, 3.63) is 65.9 Å². The maximum Gasteiger partial charge on any atom is 0.412 e. The molecular weight excluding hydrogens is 554 g/mol. The van der Waals surface area contributed by atoms with Crippen molar-refractivity contribution in [1.29, 1.82) is 0 Å². The standard InChI is InChI=1S/C29H32F2N4O5S/c1-18-17-39-15-14-35(18)24-16-23(29(12-13-29)41(37,38)25-21(30)6-5-7-22(25)31)33-26(34-24)19-8-10-20(11-9-19)32-27(36)40-28(2,3)4/h5-11,16,18H,12-15,17H2,1-4H3,(H,32,36)/t18-/m0/s1. The number of sulfone groups is 1. The van der Waals surface area contributed by atoms with Crippen LogP contribution >= 0.6 is 0 Å². The first kappa shape index (κ1) is 28.9. The third-order valence-corrected chi connectivity index (χ3v) is 9.61. The summed E-state index contributed by atoms with van der Waals surface area (Å²) in [6, 6.07) is 11.3. The molecule has 1 saturated heterocycles. The normalized spacial score (nSPS) is 18.6. The molecule has 3 aromatic rings. The lowest BCUT2D eigenvalue weighted by Gasteiger charge is -2.34. The van der Waals surface area contributed by atoms with Crippen LogP contribution in [0.1, 0.15) is 46.2 Å². The average Bonchev–Trinajstić information content (AvgIpc) is 3.71. The van der Waals surface area contributed by atoms with Crippen molar-refractivity contribution < 1.29 is 31.5 Å². The molecule has 2 heterocycles. The number of ether oxygens (including phenoxy) is 2. The lowest BCUT2D eigenvalue weighted by Crippen LogP contribution is -2.44. The number of halogens is 2. The van der Waals surface area contributed by atoms with Gasteiger partial charge in [-0.15, -0.1) is 0 Å². The molecule has 2 fully saturated rings. The number of anilines is 2. The van der Waals surface area contributed by atoms with Crippen LogP contribution in [-0.2, 0) is 24.1 Å². The van der Waals surface area contributed by atoms with Crippen LogP contribution in [0.2, 0.25) is 0 Å². The Morgan fingerprint density at radius 1 is 1.10 bits per heavy atom. The molecule has 1 aliphatic heterocycles. The van der Waals surface area contributed by atoms with Gasteiger partial charge in [0, 0.05) is 23.9 Å². The maximum atomic E-state index is 14.7. The van der Waals surface area contributed by atoms with Crippen molar-refractivity contribution >= 4 is 27.4 Å². The van der Waals surface area contributed by atoms with Crippen molar-refractivity contribution in [3.63, 3.8) is 0 Å². The summed E-state index contributed by atoms with van der Waals surface area (Å²) in [5, 5.41) is 2.67. The summed E-state index contributed by atoms with van der Waals surface area (Å²) < 4.78 is 66.2. The van der Waals surface area contributed by atoms with Gasteiger partial charge in [0.25, 0.3) is 0 Å². The topological polar surface area (TPSA) is 111 Å². The Balaban J connectivity index is 1.56. The third kappa shape index (κ3) is 5.76. The number of benzene rings is 2. The van der Waals surface area contributed by atoms with Crippen molar-refractivity contribution in [1.82, 2.24) is 9.97 Å². The average molecular weight is 587 g/mol. The number of rotatable bonds is 6. The van der Waals surface area contributed by atoms with Gasteiger partial charge in [-0.05, 0) is 76.9 Å². The van der Waals surface area contributed by atoms with E-state index in [4.69, 9.17) is 14.5 Å². The maximum absolute atomic E-state index is 14.7. The van der Waals surface area contributed by atoms with Crippen molar-refractivity contribution in [2.75, 3.05) is 30.0 Å². The number of amides is 1. The number of morpholine rings is 1. The Morgan fingerprint density at radius 3 is 2.34 bits per heavy atom. The van der Waals surface area contributed by atoms with E-state index >= 15 is 0 Å². The molecule has 5 rings (SSSR count). The van der Waals surface area contributed by atoms with E-state index in [0.717, 1.165) is 18.2 Å². The predicted molar refractivity (Wildman–Crippen MR) is 149 cm³/mol. The molecule has 1 N–H and O–H groups in total. The van der Waals surface area contributed by atoms with Gasteiger partial charge < -0.3 is 14.4 Å². The Morgan fingerprint density at radius 2 is 1.76 bits per heavy atom. The molecule has 9 nitrogen and oxygen atoms in total. The van der Waals surface area contributed by atoms with Crippen LogP contribution in [0.3, 0.4) is 0 Å². The molecule has 41 heavy (non-hydrogen) atoms. The van der Waals surface area contributed by atoms with E-state index in [0.29, 0.717) is 36.8 Å². The van der Waals surface area contributed by atoms with Gasteiger partial charge in [0.15, 0.2) is 15.7 Å². The summed E-state index contributed by atoms with van der Waals surface area (Å²) in [5.74, 6) is -1.54. The number of hydrogen-bond donors (Lipinski definition) is 1. The summed E-state index contributed by atoms with van der Waals surface area (Å²) in [5.41, 5.74) is 0.567. The van der Waals surface area contributed by atoms with E-state index in [9.17, 15) is 22.0 Å². The number of aromatic nitrogens is 2. The lowest BCUT2D eigenvalue weighted by molar-refractivity contribution is 0.0636. The fourth-order valence-electron chi connectivity index (χ4n) is 4.85. The van der Waals surface area contributed by atoms with Crippen LogP contribution < -0.4 is 10.2 Å². The molecule has 1 aromatic heterocycles. The molecule has 2 aliphatic rings. The lowest BCUT2D eigenvalue weighted by atomic mass is 10.1. The minimum Gasteiger partial charge on any atom is -0.444 e. The molecule has 0 radical (unpaired) electrons. The number of nitrogens with one attached hydrogen (secondary N) is 1. The van der Waals surface area contributed by atoms with Crippen LogP contribution in [0, 0.1) is 11.6 Å². The monoisotopic (exact) mass is 586 g/mol. The summed E-state index contributed by atoms with van der Waals surface area (Å²) in [6.45, 7) is 8.71. The van der Waals surface area contributed by atoms with E-state index in [1.165, 1.54) is 0 Å². The fraction of sp³-hybridized carbons (Fsp3) is 0.414. The van der Waals surface area contributed by atoms with E-state index in [1.54, 1.807) is 51.1 Å². The second-order valence-electron chi connectivity index (χ2n) is 11.3. The second-order valence-corrected chi connectivity index (χ2v) is 13.5. The van der Waals surface area contributed by atoms with Gasteiger partial charge in [-0.2, -0.15) is 0 Å². The Labute approximate surface area is 237 Å². The van der Waals surface area contributed by atoms with Gasteiger partial charge in [0.2, 0.25) is 0 Å². The molecule has 1 aliphatic carbocycles. The third-order valence-electron chi connectivity index (χ3n) is 7.04. The Kier molecular flexibility index (Phi) is 7.49. The molecule has 218 valence electrons. The highest BCUT2D eigenvalue weighted by Crippen LogP contribution is 2.55. The summed E-state index contributed by atoms with van der Waals surface area (Å²) >= 11 is 0. The Bertz CT molecular complexity index is 1550. The summed E-state index contributed by atoms with van der Waals surface area (Å²) in [7, 11) is -4.48. The van der Waals surface area contributed by atoms with Crippen molar-refractivity contribution in [2.24, 2.45) is 0 Å². The molecule has 0 unspecified atom stereocenters. The molecule has 1 saturated carbocycles. The van der Waals surface area contributed by atoms with E-state index in [1.807, 2.05) is 11.8 Å². The molecule has 0 spiro atoms. The summed E-state index contributed by atoms with van der Waals surface area (Å²) in [4.78, 5) is 22.6. The van der Waals surface area contributed by atoms with Gasteiger partial charge in [-0.3, -0.25) is 5.32 Å². The van der Waals surface area contributed by atoms with Crippen LogP contribution in [0.15, 0.2) is 53.4 Å². The SMILES string of the molecule is C[C@H]1COCCN1c1cc(C2(S(=O)(=O)c3c(F)cccc3F)CC2)nc(-c2ccc(NC(=O)OC(C)(C)C)cc2)n1. The number of carbonyl (C=O) groups excluding carboxylic acids is 1. The van der Waals surface area contributed by atoms with Gasteiger partial charge in [-0.1, -0.05) is 6.07 Å². The van der Waals surface area contributed by atoms with Gasteiger partial charge in [0.1, 0.15) is 32.7 Å². The van der Waals surface area contributed by atoms with Crippen molar-refractivity contribution in [3.8, 4) is 11.4 Å². The number of nitrogens with zero attached hydrogens (tertiary/aromatic N) is 3. The number of carbonyl (C=O) groups is 1. The first-order valence-electron chi connectivity index (χ1n) is 13.3. The van der Waals surface area contributed by atoms with E-state index in [-0.39, 0.29) is 30.4 Å². The first-order chi connectivity index (χ1) is 19.3. The van der Waals surface area contributed by atoms with Crippen LogP contribution in [0.25, 0.3) is 11.4 Å². The van der Waals surface area contributed by atoms with Gasteiger partial charge in [0.05, 0.1) is 24.9 Å². The Hall–Kier alpha value is -3.64. The molecule has 2 aromatic carbocycles. The zero-order valence-corrected chi connectivity index (χ0v) is 24.1. The minimum absolute atomic E-state index is 0.0458. The molecule has 1 atom stereocenters. The molecule has 12 heteroatoms. The van der Waals surface area contributed by atoms with Crippen LogP contribution in [-0.4, -0.2) is 55.9 Å². The zero-order valence-electron chi connectivity index (χ0n) is 23.3. The van der Waals surface area contributed by atoms with Gasteiger partial charge >= 0.3 is 6.09 Å². The van der Waals surface area contributed by atoms with Crippen molar-refractivity contribution in [2.45, 2.75) is 61.8 Å². The minimum atomic E-state index is -4.48. The first-order valence-corrected chi connectivity index (χ1v) is 14.8. The number of hydrogen-bond acceptors (Lipinski definition) is 8. The van der Waals surface area contributed by atoms with Crippen LogP contribution in [0.4, 0.5) is 25.1 Å². The van der Waals surface area contributed by atoms with E-state index < -0.39 is 42.8 Å². The fourth-order valence-corrected chi connectivity index (χ4v) is 6.91. The molecular formula is C29H32F2N4O5S. The largest absolute Gasteiger partial charge is 0.444 e. The quantitative estimate of drug-likeness (QED) is 0.406. The van der Waals surface area contributed by atoms with Gasteiger partial charge in [-0.25, -0.2) is 32.0 Å². The highest BCUT2D eigenvalue weighted by molar-refractivity contribution is 7.92. The van der Waals surface area contributed by atoms with Crippen LogP contribution in [0.5, 0.6) is 0 Å².